The van der Waals surface area contributed by atoms with Crippen molar-refractivity contribution in [1.82, 2.24) is 0 Å². The van der Waals surface area contributed by atoms with E-state index in [0.717, 1.165) is 48.5 Å². The third-order valence-electron chi connectivity index (χ3n) is 9.72. The quantitative estimate of drug-likeness (QED) is 0.501. The first-order valence-electron chi connectivity index (χ1n) is 11.1. The maximum absolute atomic E-state index is 11.1. The van der Waals surface area contributed by atoms with Crippen LogP contribution in [-0.2, 0) is 4.74 Å². The molecular formula is C23H31NO2. The number of hydrogen-bond donors (Lipinski definition) is 0. The summed E-state index contributed by atoms with van der Waals surface area (Å²) in [6.45, 7) is 3.25. The van der Waals surface area contributed by atoms with Crippen LogP contribution in [0.2, 0.25) is 0 Å². The number of fused-ring (bicyclic) bond motifs is 9. The molecule has 0 radical (unpaired) electrons. The minimum atomic E-state index is -0.0378. The van der Waals surface area contributed by atoms with Crippen LogP contribution in [0.25, 0.3) is 0 Å². The van der Waals surface area contributed by atoms with Crippen LogP contribution >= 0.6 is 0 Å². The lowest BCUT2D eigenvalue weighted by atomic mass is 9.49. The first-order valence-corrected chi connectivity index (χ1v) is 11.1. The van der Waals surface area contributed by atoms with Crippen molar-refractivity contribution >= 4 is 0 Å². The maximum atomic E-state index is 11.1. The van der Waals surface area contributed by atoms with E-state index in [2.05, 4.69) is 30.3 Å². The van der Waals surface area contributed by atoms with Crippen LogP contribution in [0, 0.1) is 45.8 Å². The van der Waals surface area contributed by atoms with Crippen molar-refractivity contribution < 1.29 is 4.74 Å². The van der Waals surface area contributed by atoms with Crippen molar-refractivity contribution in [2.24, 2.45) is 46.1 Å². The molecule has 1 heterocycles. The van der Waals surface area contributed by atoms with Gasteiger partial charge in [-0.05, 0) is 86.9 Å². The fraction of sp³-hybridized carbons (Fsp3) is 0.826. The summed E-state index contributed by atoms with van der Waals surface area (Å²) in [5.41, 5.74) is 2.09. The molecule has 4 saturated carbocycles. The Balaban J connectivity index is 1.38. The zero-order valence-electron chi connectivity index (χ0n) is 15.9. The second-order valence-electron chi connectivity index (χ2n) is 10.1. The molecule has 0 aromatic heterocycles. The van der Waals surface area contributed by atoms with Crippen LogP contribution in [0.5, 0.6) is 0 Å². The molecule has 5 aliphatic carbocycles. The predicted octanol–water partition coefficient (Wildman–Crippen LogP) is 5.27. The third kappa shape index (κ3) is 1.79. The van der Waals surface area contributed by atoms with Gasteiger partial charge < -0.3 is 4.74 Å². The molecule has 140 valence electrons. The molecule has 0 aromatic carbocycles. The van der Waals surface area contributed by atoms with E-state index < -0.39 is 0 Å². The molecule has 1 spiro atoms. The van der Waals surface area contributed by atoms with Crippen LogP contribution in [-0.4, -0.2) is 18.2 Å². The Hall–Kier alpha value is -0.960. The van der Waals surface area contributed by atoms with Crippen LogP contribution in [0.15, 0.2) is 29.0 Å². The van der Waals surface area contributed by atoms with E-state index in [-0.39, 0.29) is 11.6 Å². The Labute approximate surface area is 156 Å². The minimum Gasteiger partial charge on any atom is -0.366 e. The molecule has 6 rings (SSSR count). The van der Waals surface area contributed by atoms with E-state index >= 15 is 0 Å². The lowest BCUT2D eigenvalue weighted by molar-refractivity contribution is -0.125. The number of rotatable bonds is 2. The molecule has 0 aromatic rings. The van der Waals surface area contributed by atoms with Crippen LogP contribution in [0.3, 0.4) is 0 Å². The Morgan fingerprint density at radius 3 is 2.85 bits per heavy atom. The number of hydrogen-bond acceptors (Lipinski definition) is 3. The number of allylic oxidation sites excluding steroid dienone is 1. The maximum Gasteiger partial charge on any atom is 0.110 e. The molecule has 26 heavy (non-hydrogen) atoms. The van der Waals surface area contributed by atoms with Crippen LogP contribution < -0.4 is 0 Å². The first kappa shape index (κ1) is 16.0. The summed E-state index contributed by atoms with van der Waals surface area (Å²) in [5, 5.41) is 3.37. The van der Waals surface area contributed by atoms with E-state index in [4.69, 9.17) is 4.74 Å². The molecule has 3 heteroatoms. The molecule has 0 saturated heterocycles. The molecule has 6 aliphatic rings. The van der Waals surface area contributed by atoms with Gasteiger partial charge in [-0.2, -0.15) is 4.91 Å². The number of ether oxygens (including phenoxy) is 1. The van der Waals surface area contributed by atoms with E-state index in [0.29, 0.717) is 5.41 Å². The largest absolute Gasteiger partial charge is 0.366 e. The molecule has 0 amide bonds. The average molecular weight is 354 g/mol. The lowest BCUT2D eigenvalue weighted by Crippen LogP contribution is -2.54. The van der Waals surface area contributed by atoms with Gasteiger partial charge in [0.1, 0.15) is 6.04 Å². The molecule has 4 fully saturated rings. The minimum absolute atomic E-state index is 0.0378. The highest BCUT2D eigenvalue weighted by molar-refractivity contribution is 5.32. The summed E-state index contributed by atoms with van der Waals surface area (Å²) in [5.74, 6) is 5.07. The van der Waals surface area contributed by atoms with E-state index in [1.807, 2.05) is 0 Å². The highest BCUT2D eigenvalue weighted by Crippen LogP contribution is 2.73. The zero-order valence-corrected chi connectivity index (χ0v) is 15.9. The lowest BCUT2D eigenvalue weighted by Gasteiger charge is -2.57. The standard InChI is InChI=1S/C23H31NO2/c1-2-22-9-6-16-15-5-4-14(24-25)12-17(15)18-13-19(18)21(16)20(22)7-10-23(22)8-3-11-26-23/h3,8,12,14-16,18-21H,2,4-7,9-11,13H2,1H3/t14?,15-,16?,18?,19?,20?,21?,22+,23+/m1/s1. The molecule has 6 unspecified atom stereocenters. The molecular weight excluding hydrogens is 322 g/mol. The highest BCUT2D eigenvalue weighted by atomic mass is 16.5. The Morgan fingerprint density at radius 1 is 1.15 bits per heavy atom. The summed E-state index contributed by atoms with van der Waals surface area (Å²) in [6.07, 6.45) is 17.2. The fourth-order valence-corrected chi connectivity index (χ4v) is 8.77. The van der Waals surface area contributed by atoms with Gasteiger partial charge in [0.25, 0.3) is 0 Å². The second kappa shape index (κ2) is 5.31. The summed E-state index contributed by atoms with van der Waals surface area (Å²) in [4.78, 5) is 11.1. The molecule has 1 aliphatic heterocycles. The molecule has 0 N–H and O–H groups in total. The van der Waals surface area contributed by atoms with Gasteiger partial charge in [-0.3, -0.25) is 0 Å². The molecule has 0 bridgehead atoms. The van der Waals surface area contributed by atoms with E-state index in [1.54, 1.807) is 5.57 Å². The highest BCUT2D eigenvalue weighted by Gasteiger charge is 2.69. The summed E-state index contributed by atoms with van der Waals surface area (Å²) < 4.78 is 6.46. The average Bonchev–Trinajstić information content (AvgIpc) is 3.24. The third-order valence-corrected chi connectivity index (χ3v) is 9.72. The van der Waals surface area contributed by atoms with Gasteiger partial charge in [0.15, 0.2) is 0 Å². The number of nitrogens with zero attached hydrogens (tertiary/aromatic N) is 1. The summed E-state index contributed by atoms with van der Waals surface area (Å²) in [7, 11) is 0. The Kier molecular flexibility index (Phi) is 3.27. The van der Waals surface area contributed by atoms with Gasteiger partial charge in [0, 0.05) is 5.41 Å². The van der Waals surface area contributed by atoms with Crippen molar-refractivity contribution in [3.8, 4) is 0 Å². The zero-order chi connectivity index (χ0) is 17.5. The van der Waals surface area contributed by atoms with Crippen molar-refractivity contribution in [1.29, 1.82) is 0 Å². The van der Waals surface area contributed by atoms with Gasteiger partial charge in [-0.1, -0.05) is 35.9 Å². The van der Waals surface area contributed by atoms with Gasteiger partial charge in [0.2, 0.25) is 0 Å². The summed E-state index contributed by atoms with van der Waals surface area (Å²) in [6, 6.07) is -0.0378. The van der Waals surface area contributed by atoms with Crippen molar-refractivity contribution in [3.05, 3.63) is 28.7 Å². The van der Waals surface area contributed by atoms with Gasteiger partial charge in [-0.25, -0.2) is 0 Å². The Morgan fingerprint density at radius 2 is 2.08 bits per heavy atom. The van der Waals surface area contributed by atoms with E-state index in [1.165, 1.54) is 44.9 Å². The smallest absolute Gasteiger partial charge is 0.110 e. The van der Waals surface area contributed by atoms with Crippen LogP contribution in [0.1, 0.15) is 58.3 Å². The topological polar surface area (TPSA) is 38.7 Å². The van der Waals surface area contributed by atoms with Gasteiger partial charge in [-0.15, -0.1) is 0 Å². The van der Waals surface area contributed by atoms with E-state index in [9.17, 15) is 4.91 Å². The van der Waals surface area contributed by atoms with Gasteiger partial charge in [0.05, 0.1) is 12.2 Å². The predicted molar refractivity (Wildman–Crippen MR) is 101 cm³/mol. The van der Waals surface area contributed by atoms with Crippen molar-refractivity contribution in [2.75, 3.05) is 6.61 Å². The summed E-state index contributed by atoms with van der Waals surface area (Å²) >= 11 is 0. The number of nitroso groups, excluding NO2 is 1. The first-order chi connectivity index (χ1) is 12.7. The van der Waals surface area contributed by atoms with Gasteiger partial charge >= 0.3 is 0 Å². The second-order valence-corrected chi connectivity index (χ2v) is 10.1. The molecule has 3 nitrogen and oxygen atoms in total. The Bertz CT molecular complexity index is 698. The SMILES string of the molecule is CC[C@]12CCC3C(C4CC4C4=CC(N=O)CC[C@@H]43)C1CC[C@@]21C=CCO1. The normalized spacial score (nSPS) is 56.3. The fourth-order valence-electron chi connectivity index (χ4n) is 8.77. The van der Waals surface area contributed by atoms with Crippen molar-refractivity contribution in [3.63, 3.8) is 0 Å². The van der Waals surface area contributed by atoms with Crippen LogP contribution in [0.4, 0.5) is 0 Å². The molecule has 9 atom stereocenters. The monoisotopic (exact) mass is 353 g/mol. The van der Waals surface area contributed by atoms with Crippen molar-refractivity contribution in [2.45, 2.75) is 69.9 Å².